The van der Waals surface area contributed by atoms with E-state index in [1.807, 2.05) is 0 Å². The average Bonchev–Trinajstić information content (AvgIpc) is 3.35. The Hall–Kier alpha value is -2.72. The quantitative estimate of drug-likeness (QED) is 0.128. The Morgan fingerprint density at radius 3 is 2.50 bits per heavy atom. The highest BCUT2D eigenvalue weighted by atomic mass is 32.5. The molecular weight excluding hydrogens is 545 g/mol. The van der Waals surface area contributed by atoms with Gasteiger partial charge in [0.25, 0.3) is 17.4 Å². The van der Waals surface area contributed by atoms with Crippen molar-refractivity contribution >= 4 is 36.4 Å². The Bertz CT molecular complexity index is 1200. The van der Waals surface area contributed by atoms with Gasteiger partial charge in [-0.25, -0.2) is 9.59 Å². The second-order valence-electron chi connectivity index (χ2n) is 8.41. The van der Waals surface area contributed by atoms with Crippen LogP contribution in [0.1, 0.15) is 19.1 Å². The molecule has 15 nitrogen and oxygen atoms in total. The molecule has 1 aromatic rings. The number of aromatic amines is 1. The summed E-state index contributed by atoms with van der Waals surface area (Å²) in [5.74, 6) is -1.41. The molecular formula is C21H30N5O10PS. The zero-order valence-electron chi connectivity index (χ0n) is 20.7. The van der Waals surface area contributed by atoms with Crippen LogP contribution in [0.4, 0.5) is 4.79 Å². The first kappa shape index (κ1) is 29.8. The van der Waals surface area contributed by atoms with Crippen LogP contribution in [0.15, 0.2) is 34.0 Å². The maximum Gasteiger partial charge on any atom is 0.330 e. The van der Waals surface area contributed by atoms with E-state index in [-0.39, 0.29) is 26.2 Å². The molecule has 0 aliphatic carbocycles. The predicted molar refractivity (Wildman–Crippen MR) is 135 cm³/mol. The second-order valence-corrected chi connectivity index (χ2v) is 11.3. The fourth-order valence-corrected chi connectivity index (χ4v) is 5.16. The fraction of sp³-hybridized carbons (Fsp3) is 0.571. The molecule has 17 heteroatoms. The molecule has 3 heterocycles. The molecule has 210 valence electrons. The lowest BCUT2D eigenvalue weighted by Gasteiger charge is -2.27. The minimum absolute atomic E-state index is 0.0413. The fourth-order valence-electron chi connectivity index (χ4n) is 4.18. The van der Waals surface area contributed by atoms with Gasteiger partial charge in [-0.3, -0.25) is 28.8 Å². The number of aromatic nitrogens is 2. The van der Waals surface area contributed by atoms with E-state index in [9.17, 15) is 28.9 Å². The SMILES string of the molecule is COC[C@H]1O[C@@H](n2ccc(=O)[nH]c2=O)[C@@H](CCCNC(=O)NCCN2C(=O)C=CC2=O)C1OP(O)(=S)OC. The van der Waals surface area contributed by atoms with E-state index in [1.54, 1.807) is 0 Å². The molecule has 2 aliphatic rings. The molecule has 1 fully saturated rings. The highest BCUT2D eigenvalue weighted by molar-refractivity contribution is 8.07. The van der Waals surface area contributed by atoms with Crippen molar-refractivity contribution < 1.29 is 37.8 Å². The first-order valence-electron chi connectivity index (χ1n) is 11.6. The lowest BCUT2D eigenvalue weighted by Crippen LogP contribution is -2.42. The zero-order chi connectivity index (χ0) is 27.9. The van der Waals surface area contributed by atoms with Crippen molar-refractivity contribution in [2.24, 2.45) is 5.92 Å². The van der Waals surface area contributed by atoms with E-state index in [4.69, 9.17) is 30.3 Å². The third-order valence-corrected chi connectivity index (χ3v) is 7.61. The summed E-state index contributed by atoms with van der Waals surface area (Å²) in [7, 11) is 2.67. The summed E-state index contributed by atoms with van der Waals surface area (Å²) in [5.41, 5.74) is -1.26. The number of urea groups is 1. The molecule has 1 saturated heterocycles. The third-order valence-electron chi connectivity index (χ3n) is 5.93. The topological polar surface area (TPSA) is 191 Å². The normalized spacial score (nSPS) is 24.6. The second kappa shape index (κ2) is 13.4. The van der Waals surface area contributed by atoms with Gasteiger partial charge in [0.2, 0.25) is 0 Å². The summed E-state index contributed by atoms with van der Waals surface area (Å²) in [4.78, 5) is 72.8. The molecule has 0 spiro atoms. The molecule has 3 rings (SSSR count). The van der Waals surface area contributed by atoms with Gasteiger partial charge < -0.3 is 34.0 Å². The van der Waals surface area contributed by atoms with Crippen LogP contribution in [0.2, 0.25) is 0 Å². The Labute approximate surface area is 222 Å². The van der Waals surface area contributed by atoms with Crippen molar-refractivity contribution in [3.8, 4) is 0 Å². The highest BCUT2D eigenvalue weighted by Crippen LogP contribution is 2.50. The van der Waals surface area contributed by atoms with E-state index >= 15 is 0 Å². The number of ether oxygens (including phenoxy) is 2. The van der Waals surface area contributed by atoms with Gasteiger partial charge in [0.1, 0.15) is 18.4 Å². The standard InChI is InChI=1S/C21H30N5O10PS/c1-33-12-14-18(36-37(32,38)34-2)13(19(35-14)26-10-7-15(27)24-21(26)31)4-3-8-22-20(30)23-9-11-25-16(28)5-6-17(25)29/h5-7,10,13-14,18-19H,3-4,8-9,11-12H2,1-2H3,(H,32,38)(H2,22,23,30)(H,24,27,31)/t13-,14+,18?,19+,37?/m0/s1. The number of hydrogen-bond acceptors (Lipinski definition) is 10. The Balaban J connectivity index is 1.63. The van der Waals surface area contributed by atoms with Crippen LogP contribution in [0.3, 0.4) is 0 Å². The van der Waals surface area contributed by atoms with Crippen LogP contribution >= 0.6 is 6.72 Å². The van der Waals surface area contributed by atoms with Crippen LogP contribution in [0.5, 0.6) is 0 Å². The van der Waals surface area contributed by atoms with Crippen LogP contribution in [0.25, 0.3) is 0 Å². The van der Waals surface area contributed by atoms with E-state index in [0.29, 0.717) is 12.8 Å². The molecule has 4 amide bonds. The first-order valence-corrected chi connectivity index (χ1v) is 14.2. The minimum atomic E-state index is -3.63. The van der Waals surface area contributed by atoms with Gasteiger partial charge in [-0.05, 0) is 24.6 Å². The molecule has 2 unspecified atom stereocenters. The lowest BCUT2D eigenvalue weighted by atomic mass is 9.94. The van der Waals surface area contributed by atoms with E-state index in [1.165, 1.54) is 43.2 Å². The van der Waals surface area contributed by atoms with E-state index < -0.39 is 60.2 Å². The predicted octanol–water partition coefficient (Wildman–Crippen LogP) is -1.05. The largest absolute Gasteiger partial charge is 0.382 e. The third kappa shape index (κ3) is 7.66. The van der Waals surface area contributed by atoms with Crippen molar-refractivity contribution in [3.63, 3.8) is 0 Å². The Kier molecular flexibility index (Phi) is 10.5. The number of nitrogens with zero attached hydrogens (tertiary/aromatic N) is 2. The highest BCUT2D eigenvalue weighted by Gasteiger charge is 2.48. The number of nitrogens with one attached hydrogen (secondary N) is 3. The summed E-state index contributed by atoms with van der Waals surface area (Å²) in [6.45, 7) is -3.23. The zero-order valence-corrected chi connectivity index (χ0v) is 22.4. The van der Waals surface area contributed by atoms with Gasteiger partial charge in [0, 0.05) is 64.2 Å². The van der Waals surface area contributed by atoms with Gasteiger partial charge in [0.15, 0.2) is 0 Å². The molecule has 0 bridgehead atoms. The summed E-state index contributed by atoms with van der Waals surface area (Å²) < 4.78 is 23.2. The first-order chi connectivity index (χ1) is 18.1. The smallest absolute Gasteiger partial charge is 0.330 e. The van der Waals surface area contributed by atoms with E-state index in [0.717, 1.165) is 4.90 Å². The minimum Gasteiger partial charge on any atom is -0.382 e. The van der Waals surface area contributed by atoms with Crippen molar-refractivity contribution in [2.45, 2.75) is 31.3 Å². The summed E-state index contributed by atoms with van der Waals surface area (Å²) in [5, 5.41) is 5.24. The number of amides is 4. The number of rotatable bonds is 13. The number of carbonyl (C=O) groups is 3. The van der Waals surface area contributed by atoms with Crippen LogP contribution < -0.4 is 21.9 Å². The van der Waals surface area contributed by atoms with Crippen molar-refractivity contribution in [1.29, 1.82) is 0 Å². The van der Waals surface area contributed by atoms with Crippen LogP contribution in [0, 0.1) is 5.92 Å². The van der Waals surface area contributed by atoms with Crippen molar-refractivity contribution in [1.82, 2.24) is 25.1 Å². The molecule has 0 aromatic carbocycles. The molecule has 1 aromatic heterocycles. The molecule has 0 saturated carbocycles. The Morgan fingerprint density at radius 1 is 1.18 bits per heavy atom. The number of imide groups is 1. The van der Waals surface area contributed by atoms with Crippen LogP contribution in [-0.2, 0) is 39.9 Å². The summed E-state index contributed by atoms with van der Waals surface area (Å²) in [6, 6.07) is 0.682. The van der Waals surface area contributed by atoms with E-state index in [2.05, 4.69) is 15.6 Å². The van der Waals surface area contributed by atoms with Crippen molar-refractivity contribution in [2.75, 3.05) is 40.5 Å². The molecule has 0 radical (unpaired) electrons. The molecule has 38 heavy (non-hydrogen) atoms. The number of hydrogen-bond donors (Lipinski definition) is 4. The molecule has 4 N–H and O–H groups in total. The average molecular weight is 576 g/mol. The van der Waals surface area contributed by atoms with Crippen molar-refractivity contribution in [3.05, 3.63) is 45.3 Å². The maximum absolute atomic E-state index is 12.5. The number of H-pyrrole nitrogens is 1. The number of methoxy groups -OCH3 is 1. The maximum atomic E-state index is 12.5. The van der Waals surface area contributed by atoms with Gasteiger partial charge in [-0.2, -0.15) is 0 Å². The lowest BCUT2D eigenvalue weighted by molar-refractivity contribution is -0.136. The van der Waals surface area contributed by atoms with Crippen LogP contribution in [-0.4, -0.2) is 89.9 Å². The number of carbonyl (C=O) groups excluding carboxylic acids is 3. The monoisotopic (exact) mass is 575 g/mol. The van der Waals surface area contributed by atoms with Gasteiger partial charge >= 0.3 is 18.4 Å². The summed E-state index contributed by atoms with van der Waals surface area (Å²) in [6.07, 6.45) is 1.95. The Morgan fingerprint density at radius 2 is 1.87 bits per heavy atom. The molecule has 5 atom stereocenters. The summed E-state index contributed by atoms with van der Waals surface area (Å²) >= 11 is 5.03. The van der Waals surface area contributed by atoms with Gasteiger partial charge in [-0.1, -0.05) is 0 Å². The van der Waals surface area contributed by atoms with Gasteiger partial charge in [0.05, 0.1) is 6.61 Å². The molecule has 2 aliphatic heterocycles. The van der Waals surface area contributed by atoms with Gasteiger partial charge in [-0.15, -0.1) is 0 Å².